The van der Waals surface area contributed by atoms with Crippen LogP contribution < -0.4 is 10.2 Å². The number of allylic oxidation sites excluding steroid dienone is 3. The maximum absolute atomic E-state index is 14.8. The lowest BCUT2D eigenvalue weighted by Gasteiger charge is -2.37. The first-order chi connectivity index (χ1) is 24.5. The third-order valence-electron chi connectivity index (χ3n) is 10.4. The van der Waals surface area contributed by atoms with Crippen molar-refractivity contribution in [3.05, 3.63) is 59.0 Å². The quantitative estimate of drug-likeness (QED) is 0.115. The summed E-state index contributed by atoms with van der Waals surface area (Å²) in [6.45, 7) is 12.3. The van der Waals surface area contributed by atoms with Crippen LogP contribution in [0.25, 0.3) is 0 Å². The van der Waals surface area contributed by atoms with Crippen molar-refractivity contribution < 1.29 is 49.4 Å². The van der Waals surface area contributed by atoms with Crippen molar-refractivity contribution in [2.45, 2.75) is 121 Å². The second-order valence-corrected chi connectivity index (χ2v) is 19.0. The van der Waals surface area contributed by atoms with E-state index in [2.05, 4.69) is 35.6 Å². The minimum absolute atomic E-state index is 0.0528. The Morgan fingerprint density at radius 3 is 2.50 bits per heavy atom. The minimum Gasteiger partial charge on any atom is -0.432 e. The molecule has 52 heavy (non-hydrogen) atoms. The molecule has 15 nitrogen and oxygen atoms in total. The van der Waals surface area contributed by atoms with E-state index in [1.165, 1.54) is 5.57 Å². The predicted molar refractivity (Wildman–Crippen MR) is 193 cm³/mol. The van der Waals surface area contributed by atoms with Crippen LogP contribution in [0.2, 0.25) is 18.6 Å². The SMILES string of the molecule is CC(C)=CCC/C(C)=C/CN1C(=O)[C@]2(O[C@H](CCn3cc(CCO)nn3)[C@@H]([Si](C)(C)O)[C@@H]2C)c2cc(NC(=O)[C@H]3O[C@@H](O)[C@H](O)[C@@H](O)[C@@H]3O)ccc21. The molecule has 286 valence electrons. The maximum atomic E-state index is 14.8. The summed E-state index contributed by atoms with van der Waals surface area (Å²) in [6, 6.07) is 4.97. The highest BCUT2D eigenvalue weighted by molar-refractivity contribution is 6.71. The Morgan fingerprint density at radius 1 is 1.10 bits per heavy atom. The average molecular weight is 744 g/mol. The standard InChI is InChI=1S/C36H53N5O10Si/c1-20(2)8-7-9-21(3)12-16-41-26-11-10-23(37-33(46)31-29(44)28(43)30(45)34(47)50-31)18-25(26)36(35(41)48)22(4)32(52(5,6)49)27(51-36)13-15-40-19-24(14-17-42)38-39-40/h8,10-12,18-19,22,27-32,34,42-45,47,49H,7,9,13-17H2,1-6H3,(H,37,46)/b21-12+/t22-,27+,28-,29-,30+,31-,32-,34+,36+/m0/s1. The Kier molecular flexibility index (Phi) is 12.2. The van der Waals surface area contributed by atoms with Crippen LogP contribution in [0.15, 0.2) is 47.7 Å². The van der Waals surface area contributed by atoms with Crippen LogP contribution >= 0.6 is 0 Å². The molecular formula is C36H53N5O10Si. The molecule has 3 aliphatic rings. The van der Waals surface area contributed by atoms with Crippen LogP contribution in [0.3, 0.4) is 0 Å². The molecule has 1 spiro atoms. The average Bonchev–Trinajstić information content (AvgIpc) is 3.72. The number of aromatic nitrogens is 3. The van der Waals surface area contributed by atoms with E-state index in [4.69, 9.17) is 9.47 Å². The van der Waals surface area contributed by atoms with E-state index in [9.17, 15) is 39.9 Å². The molecule has 0 bridgehead atoms. The van der Waals surface area contributed by atoms with Gasteiger partial charge in [0.05, 0.1) is 17.5 Å². The Hall–Kier alpha value is -3.32. The van der Waals surface area contributed by atoms with Gasteiger partial charge in [0, 0.05) is 55.0 Å². The van der Waals surface area contributed by atoms with Crippen LogP contribution in [-0.2, 0) is 37.6 Å². The van der Waals surface area contributed by atoms with E-state index in [1.807, 2.05) is 33.0 Å². The van der Waals surface area contributed by atoms with Crippen molar-refractivity contribution >= 4 is 31.5 Å². The normalized spacial score (nSPS) is 30.6. The molecule has 2 saturated heterocycles. The highest BCUT2D eigenvalue weighted by Crippen LogP contribution is 2.60. The van der Waals surface area contributed by atoms with Crippen molar-refractivity contribution in [2.75, 3.05) is 23.4 Å². The fourth-order valence-electron chi connectivity index (χ4n) is 7.77. The zero-order valence-corrected chi connectivity index (χ0v) is 31.6. The number of hydrogen-bond acceptors (Lipinski definition) is 12. The van der Waals surface area contributed by atoms with Gasteiger partial charge in [0.15, 0.2) is 26.3 Å². The summed E-state index contributed by atoms with van der Waals surface area (Å²) in [4.78, 5) is 41.5. The topological polar surface area (TPSA) is 220 Å². The van der Waals surface area contributed by atoms with Crippen molar-refractivity contribution in [2.24, 2.45) is 5.92 Å². The molecule has 0 saturated carbocycles. The molecule has 0 unspecified atom stereocenters. The highest BCUT2D eigenvalue weighted by Gasteiger charge is 2.66. The number of aliphatic hydroxyl groups excluding tert-OH is 5. The molecule has 2 fully saturated rings. The van der Waals surface area contributed by atoms with E-state index in [0.29, 0.717) is 36.3 Å². The van der Waals surface area contributed by atoms with Crippen LogP contribution in [0, 0.1) is 5.92 Å². The van der Waals surface area contributed by atoms with Crippen LogP contribution in [-0.4, -0.2) is 115 Å². The third-order valence-corrected chi connectivity index (χ3v) is 12.9. The van der Waals surface area contributed by atoms with Crippen molar-refractivity contribution in [3.8, 4) is 0 Å². The molecule has 0 aliphatic carbocycles. The number of ether oxygens (including phenoxy) is 2. The molecule has 1 aromatic carbocycles. The van der Waals surface area contributed by atoms with Crippen LogP contribution in [0.1, 0.15) is 58.2 Å². The van der Waals surface area contributed by atoms with Gasteiger partial charge in [-0.1, -0.05) is 35.4 Å². The van der Waals surface area contributed by atoms with Gasteiger partial charge in [-0.15, -0.1) is 5.10 Å². The number of rotatable bonds is 13. The van der Waals surface area contributed by atoms with Gasteiger partial charge in [-0.2, -0.15) is 0 Å². The summed E-state index contributed by atoms with van der Waals surface area (Å²) in [5.41, 5.74) is 2.46. The zero-order valence-electron chi connectivity index (χ0n) is 30.6. The first-order valence-electron chi connectivity index (χ1n) is 17.8. The van der Waals surface area contributed by atoms with Crippen molar-refractivity contribution in [3.63, 3.8) is 0 Å². The summed E-state index contributed by atoms with van der Waals surface area (Å²) in [5.74, 6) is -1.64. The van der Waals surface area contributed by atoms with Gasteiger partial charge in [0.25, 0.3) is 11.8 Å². The van der Waals surface area contributed by atoms with Crippen LogP contribution in [0.5, 0.6) is 0 Å². The molecule has 16 heteroatoms. The van der Waals surface area contributed by atoms with Gasteiger partial charge in [-0.3, -0.25) is 14.3 Å². The number of benzene rings is 1. The maximum Gasteiger partial charge on any atom is 0.264 e. The molecular weight excluding hydrogens is 691 g/mol. The molecule has 9 atom stereocenters. The van der Waals surface area contributed by atoms with E-state index in [1.54, 1.807) is 34.0 Å². The molecule has 2 amide bonds. The van der Waals surface area contributed by atoms with E-state index in [0.717, 1.165) is 18.4 Å². The minimum atomic E-state index is -2.99. The summed E-state index contributed by atoms with van der Waals surface area (Å²) in [7, 11) is -2.99. The van der Waals surface area contributed by atoms with Gasteiger partial charge in [-0.25, -0.2) is 0 Å². The summed E-state index contributed by atoms with van der Waals surface area (Å²) < 4.78 is 13.7. The van der Waals surface area contributed by atoms with Gasteiger partial charge >= 0.3 is 0 Å². The Balaban J connectivity index is 1.50. The number of amides is 2. The smallest absolute Gasteiger partial charge is 0.264 e. The Morgan fingerprint density at radius 2 is 1.83 bits per heavy atom. The Labute approximate surface area is 304 Å². The second kappa shape index (κ2) is 16.0. The number of fused-ring (bicyclic) bond motifs is 2. The lowest BCUT2D eigenvalue weighted by atomic mass is 9.82. The first kappa shape index (κ1) is 39.9. The van der Waals surface area contributed by atoms with Gasteiger partial charge in [0.1, 0.15) is 18.3 Å². The molecule has 1 aromatic heterocycles. The molecule has 2 aromatic rings. The van der Waals surface area contributed by atoms with Gasteiger partial charge < -0.3 is 50.0 Å². The number of aliphatic hydroxyl groups is 5. The summed E-state index contributed by atoms with van der Waals surface area (Å²) in [6.07, 6.45) is -1.11. The molecule has 3 aliphatic heterocycles. The number of aryl methyl sites for hydroxylation is 1. The van der Waals surface area contributed by atoms with E-state index < -0.39 is 62.6 Å². The third kappa shape index (κ3) is 7.95. The number of hydrogen-bond donors (Lipinski definition) is 7. The van der Waals surface area contributed by atoms with Crippen molar-refractivity contribution in [1.82, 2.24) is 15.0 Å². The first-order valence-corrected chi connectivity index (χ1v) is 20.9. The lowest BCUT2D eigenvalue weighted by Crippen LogP contribution is -2.60. The summed E-state index contributed by atoms with van der Waals surface area (Å²) in [5, 5.41) is 60.7. The fraction of sp³-hybridized carbons (Fsp3) is 0.611. The van der Waals surface area contributed by atoms with E-state index >= 15 is 0 Å². The lowest BCUT2D eigenvalue weighted by molar-refractivity contribution is -0.274. The molecule has 4 heterocycles. The van der Waals surface area contributed by atoms with Crippen LogP contribution in [0.4, 0.5) is 11.4 Å². The van der Waals surface area contributed by atoms with Gasteiger partial charge in [-0.05, 0) is 71.3 Å². The van der Waals surface area contributed by atoms with Crippen molar-refractivity contribution in [1.29, 1.82) is 0 Å². The molecule has 7 N–H and O–H groups in total. The van der Waals surface area contributed by atoms with E-state index in [-0.39, 0.29) is 30.3 Å². The number of anilines is 2. The molecule has 5 rings (SSSR count). The number of carbonyl (C=O) groups excluding carboxylic acids is 2. The van der Waals surface area contributed by atoms with Gasteiger partial charge in [0.2, 0.25) is 0 Å². The zero-order chi connectivity index (χ0) is 38.1. The Bertz CT molecular complexity index is 1670. The summed E-state index contributed by atoms with van der Waals surface area (Å²) >= 11 is 0. The number of nitrogens with zero attached hydrogens (tertiary/aromatic N) is 4. The molecule has 0 radical (unpaired) electrons. The monoisotopic (exact) mass is 743 g/mol. The largest absolute Gasteiger partial charge is 0.432 e. The predicted octanol–water partition coefficient (Wildman–Crippen LogP) is 1.48. The second-order valence-electron chi connectivity index (χ2n) is 15.0. The number of carbonyl (C=O) groups is 2. The highest BCUT2D eigenvalue weighted by atomic mass is 28.4. The number of nitrogens with one attached hydrogen (secondary N) is 1. The fourth-order valence-corrected chi connectivity index (χ4v) is 10.4.